The van der Waals surface area contributed by atoms with E-state index >= 15 is 0 Å². The Hall–Kier alpha value is -1.84. The summed E-state index contributed by atoms with van der Waals surface area (Å²) < 4.78 is 0. The van der Waals surface area contributed by atoms with Gasteiger partial charge in [0.05, 0.1) is 11.9 Å². The number of nitrogens with one attached hydrogen (secondary N) is 1. The van der Waals surface area contributed by atoms with Crippen molar-refractivity contribution in [2.75, 3.05) is 18.0 Å². The Bertz CT molecular complexity index is 478. The molecule has 0 saturated carbocycles. The first kappa shape index (κ1) is 12.6. The quantitative estimate of drug-likeness (QED) is 0.879. The maximum atomic E-state index is 4.15. The Balaban J connectivity index is 2.10. The van der Waals surface area contributed by atoms with Gasteiger partial charge in [0.1, 0.15) is 0 Å². The molecular weight excluding hydrogens is 224 g/mol. The number of hydrogen-bond donors (Lipinski definition) is 1. The molecule has 0 aliphatic rings. The van der Waals surface area contributed by atoms with Crippen LogP contribution in [0.5, 0.6) is 0 Å². The lowest BCUT2D eigenvalue weighted by molar-refractivity contribution is 0.681. The fourth-order valence-corrected chi connectivity index (χ4v) is 2.11. The van der Waals surface area contributed by atoms with Crippen molar-refractivity contribution in [1.29, 1.82) is 0 Å². The first-order valence-electron chi connectivity index (χ1n) is 6.38. The molecule has 18 heavy (non-hydrogen) atoms. The summed E-state index contributed by atoms with van der Waals surface area (Å²) in [5, 5.41) is 10.7. The Kier molecular flexibility index (Phi) is 3.97. The lowest BCUT2D eigenvalue weighted by Gasteiger charge is -2.26. The number of aromatic nitrogens is 3. The Morgan fingerprint density at radius 3 is 2.83 bits per heavy atom. The number of hydrogen-bond acceptors (Lipinski definition) is 3. The molecular formula is C14H20N4. The van der Waals surface area contributed by atoms with Gasteiger partial charge in [-0.05, 0) is 31.5 Å². The number of aromatic amines is 1. The first-order valence-corrected chi connectivity index (χ1v) is 6.38. The van der Waals surface area contributed by atoms with Gasteiger partial charge in [0.15, 0.2) is 0 Å². The van der Waals surface area contributed by atoms with Gasteiger partial charge in [-0.1, -0.05) is 19.1 Å². The van der Waals surface area contributed by atoms with Crippen LogP contribution in [0.2, 0.25) is 0 Å². The van der Waals surface area contributed by atoms with Crippen LogP contribution in [-0.2, 0) is 0 Å². The van der Waals surface area contributed by atoms with E-state index in [0.29, 0.717) is 5.92 Å². The van der Waals surface area contributed by atoms with E-state index in [9.17, 15) is 0 Å². The molecule has 0 spiro atoms. The predicted molar refractivity (Wildman–Crippen MR) is 73.9 cm³/mol. The van der Waals surface area contributed by atoms with Crippen molar-refractivity contribution in [3.8, 4) is 0 Å². The van der Waals surface area contributed by atoms with Gasteiger partial charge in [0, 0.05) is 24.7 Å². The molecule has 96 valence electrons. The Morgan fingerprint density at radius 2 is 2.22 bits per heavy atom. The third kappa shape index (κ3) is 2.88. The largest absolute Gasteiger partial charge is 0.371 e. The standard InChI is InChI=1S/C14H20N4/c1-4-18(13-7-5-6-11(2)8-13)10-12(3)14-9-15-17-16-14/h5-9,12H,4,10H2,1-3H3,(H,15,16,17). The normalized spacial score (nSPS) is 12.4. The second kappa shape index (κ2) is 5.67. The van der Waals surface area contributed by atoms with Crippen molar-refractivity contribution >= 4 is 5.69 Å². The molecule has 0 fully saturated rings. The summed E-state index contributed by atoms with van der Waals surface area (Å²) in [4.78, 5) is 2.37. The zero-order chi connectivity index (χ0) is 13.0. The molecule has 1 atom stereocenters. The van der Waals surface area contributed by atoms with Crippen LogP contribution in [0.25, 0.3) is 0 Å². The predicted octanol–water partition coefficient (Wildman–Crippen LogP) is 2.74. The fourth-order valence-electron chi connectivity index (χ4n) is 2.11. The highest BCUT2D eigenvalue weighted by Crippen LogP contribution is 2.20. The van der Waals surface area contributed by atoms with Crippen LogP contribution in [0.4, 0.5) is 5.69 Å². The van der Waals surface area contributed by atoms with Crippen LogP contribution in [0.3, 0.4) is 0 Å². The van der Waals surface area contributed by atoms with Crippen molar-refractivity contribution < 1.29 is 0 Å². The molecule has 1 unspecified atom stereocenters. The smallest absolute Gasteiger partial charge is 0.0870 e. The highest BCUT2D eigenvalue weighted by molar-refractivity contribution is 5.48. The minimum absolute atomic E-state index is 0.365. The lowest BCUT2D eigenvalue weighted by Crippen LogP contribution is -2.27. The molecule has 0 saturated heterocycles. The van der Waals surface area contributed by atoms with Gasteiger partial charge in [0.25, 0.3) is 0 Å². The van der Waals surface area contributed by atoms with Crippen LogP contribution in [0.15, 0.2) is 30.5 Å². The summed E-state index contributed by atoms with van der Waals surface area (Å²) in [6.07, 6.45) is 1.80. The molecule has 1 heterocycles. The van der Waals surface area contributed by atoms with Crippen molar-refractivity contribution in [3.05, 3.63) is 41.7 Å². The Labute approximate surface area is 108 Å². The van der Waals surface area contributed by atoms with Crippen molar-refractivity contribution in [2.45, 2.75) is 26.7 Å². The molecule has 2 rings (SSSR count). The minimum atomic E-state index is 0.365. The van der Waals surface area contributed by atoms with Crippen molar-refractivity contribution in [3.63, 3.8) is 0 Å². The molecule has 4 heteroatoms. The van der Waals surface area contributed by atoms with Crippen LogP contribution >= 0.6 is 0 Å². The van der Waals surface area contributed by atoms with Gasteiger partial charge in [-0.2, -0.15) is 15.4 Å². The topological polar surface area (TPSA) is 44.8 Å². The number of anilines is 1. The maximum Gasteiger partial charge on any atom is 0.0870 e. The van der Waals surface area contributed by atoms with E-state index < -0.39 is 0 Å². The van der Waals surface area contributed by atoms with Gasteiger partial charge >= 0.3 is 0 Å². The van der Waals surface area contributed by atoms with E-state index in [4.69, 9.17) is 0 Å². The molecule has 2 aromatic rings. The average molecular weight is 244 g/mol. The molecule has 1 N–H and O–H groups in total. The molecule has 4 nitrogen and oxygen atoms in total. The second-order valence-corrected chi connectivity index (χ2v) is 4.67. The van der Waals surface area contributed by atoms with E-state index in [0.717, 1.165) is 18.8 Å². The molecule has 0 radical (unpaired) electrons. The summed E-state index contributed by atoms with van der Waals surface area (Å²) in [7, 11) is 0. The third-order valence-corrected chi connectivity index (χ3v) is 3.18. The summed E-state index contributed by atoms with van der Waals surface area (Å²) >= 11 is 0. The van der Waals surface area contributed by atoms with Gasteiger partial charge in [-0.3, -0.25) is 0 Å². The third-order valence-electron chi connectivity index (χ3n) is 3.18. The summed E-state index contributed by atoms with van der Waals surface area (Å²) in [6.45, 7) is 8.42. The molecule has 0 bridgehead atoms. The molecule has 0 aliphatic carbocycles. The number of nitrogens with zero attached hydrogens (tertiary/aromatic N) is 3. The van der Waals surface area contributed by atoms with E-state index in [1.165, 1.54) is 11.3 Å². The fraction of sp³-hybridized carbons (Fsp3) is 0.429. The number of benzene rings is 1. The minimum Gasteiger partial charge on any atom is -0.371 e. The van der Waals surface area contributed by atoms with Gasteiger partial charge in [0.2, 0.25) is 0 Å². The first-order chi connectivity index (χ1) is 8.70. The van der Waals surface area contributed by atoms with Crippen LogP contribution in [0.1, 0.15) is 31.0 Å². The molecule has 0 aliphatic heterocycles. The molecule has 1 aromatic carbocycles. The second-order valence-electron chi connectivity index (χ2n) is 4.67. The number of H-pyrrole nitrogens is 1. The Morgan fingerprint density at radius 1 is 1.39 bits per heavy atom. The number of rotatable bonds is 5. The maximum absolute atomic E-state index is 4.15. The summed E-state index contributed by atoms with van der Waals surface area (Å²) in [5.41, 5.74) is 3.58. The highest BCUT2D eigenvalue weighted by atomic mass is 15.3. The highest BCUT2D eigenvalue weighted by Gasteiger charge is 2.13. The monoisotopic (exact) mass is 244 g/mol. The van der Waals surface area contributed by atoms with Crippen LogP contribution in [0, 0.1) is 6.92 Å². The molecule has 0 amide bonds. The number of aryl methyl sites for hydroxylation is 1. The lowest BCUT2D eigenvalue weighted by atomic mass is 10.1. The van der Waals surface area contributed by atoms with Crippen molar-refractivity contribution in [2.24, 2.45) is 0 Å². The van der Waals surface area contributed by atoms with E-state index in [-0.39, 0.29) is 0 Å². The van der Waals surface area contributed by atoms with Gasteiger partial charge < -0.3 is 4.90 Å². The van der Waals surface area contributed by atoms with Crippen molar-refractivity contribution in [1.82, 2.24) is 15.4 Å². The van der Waals surface area contributed by atoms with E-state index in [1.54, 1.807) is 6.20 Å². The van der Waals surface area contributed by atoms with E-state index in [1.807, 2.05) is 0 Å². The average Bonchev–Trinajstić information content (AvgIpc) is 2.89. The zero-order valence-electron chi connectivity index (χ0n) is 11.2. The van der Waals surface area contributed by atoms with E-state index in [2.05, 4.69) is 65.3 Å². The zero-order valence-corrected chi connectivity index (χ0v) is 11.2. The van der Waals surface area contributed by atoms with Gasteiger partial charge in [-0.25, -0.2) is 0 Å². The van der Waals surface area contributed by atoms with Gasteiger partial charge in [-0.15, -0.1) is 0 Å². The molecule has 1 aromatic heterocycles. The SMILES string of the molecule is CCN(CC(C)c1cn[nH]n1)c1cccc(C)c1. The summed E-state index contributed by atoms with van der Waals surface area (Å²) in [5.74, 6) is 0.365. The summed E-state index contributed by atoms with van der Waals surface area (Å²) in [6, 6.07) is 8.61. The van der Waals surface area contributed by atoms with Crippen LogP contribution < -0.4 is 4.90 Å². The number of likely N-dealkylation sites (N-methyl/N-ethyl adjacent to an activating group) is 1. The van der Waals surface area contributed by atoms with Crippen LogP contribution in [-0.4, -0.2) is 28.5 Å².